The molecular formula is C17H15NO3. The second kappa shape index (κ2) is 5.79. The number of aromatic nitrogens is 1. The molecule has 3 rings (SSSR count). The Hall–Kier alpha value is -2.62. The number of ether oxygens (including phenoxy) is 1. The van der Waals surface area contributed by atoms with Gasteiger partial charge in [-0.2, -0.15) is 0 Å². The van der Waals surface area contributed by atoms with E-state index in [0.29, 0.717) is 30.1 Å². The number of carbonyl (C=O) groups excluding carboxylic acids is 1. The topological polar surface area (TPSA) is 52.3 Å². The first-order valence-electron chi connectivity index (χ1n) is 6.87. The van der Waals surface area contributed by atoms with Gasteiger partial charge in [0.05, 0.1) is 5.39 Å². The normalized spacial score (nSPS) is 10.7. The maximum absolute atomic E-state index is 11.7. The second-order valence-electron chi connectivity index (χ2n) is 4.74. The van der Waals surface area contributed by atoms with Crippen LogP contribution in [0, 0.1) is 0 Å². The lowest BCUT2D eigenvalue weighted by atomic mass is 10.1. The van der Waals surface area contributed by atoms with Gasteiger partial charge in [0.25, 0.3) is 0 Å². The van der Waals surface area contributed by atoms with E-state index in [0.717, 1.165) is 10.9 Å². The molecule has 3 aromatic rings. The van der Waals surface area contributed by atoms with Crippen LogP contribution in [-0.2, 0) is 6.61 Å². The first-order chi connectivity index (χ1) is 10.3. The van der Waals surface area contributed by atoms with Gasteiger partial charge in [0.2, 0.25) is 0 Å². The van der Waals surface area contributed by atoms with Crippen molar-refractivity contribution in [2.45, 2.75) is 20.0 Å². The van der Waals surface area contributed by atoms with E-state index in [1.165, 1.54) is 0 Å². The third kappa shape index (κ3) is 2.79. The molecule has 4 nitrogen and oxygen atoms in total. The van der Waals surface area contributed by atoms with Crippen LogP contribution in [0.2, 0.25) is 0 Å². The lowest BCUT2D eigenvalue weighted by Gasteiger charge is -2.05. The molecule has 1 aromatic heterocycles. The minimum Gasteiger partial charge on any atom is -0.489 e. The van der Waals surface area contributed by atoms with Gasteiger partial charge < -0.3 is 9.26 Å². The molecule has 106 valence electrons. The van der Waals surface area contributed by atoms with Crippen LogP contribution in [0.25, 0.3) is 11.0 Å². The van der Waals surface area contributed by atoms with Crippen LogP contribution in [0.1, 0.15) is 29.4 Å². The standard InChI is InChI=1S/C17H15NO3/c1-2-15(19)17-14-9-8-13(10-16(14)21-18-17)20-11-12-6-4-3-5-7-12/h3-10H,2,11H2,1H3. The molecule has 1 heterocycles. The van der Waals surface area contributed by atoms with Crippen molar-refractivity contribution >= 4 is 16.8 Å². The molecule has 0 atom stereocenters. The molecule has 0 aliphatic heterocycles. The van der Waals surface area contributed by atoms with Gasteiger partial charge in [-0.25, -0.2) is 0 Å². The van der Waals surface area contributed by atoms with E-state index in [9.17, 15) is 4.79 Å². The van der Waals surface area contributed by atoms with E-state index < -0.39 is 0 Å². The quantitative estimate of drug-likeness (QED) is 0.663. The van der Waals surface area contributed by atoms with Crippen molar-refractivity contribution in [3.63, 3.8) is 0 Å². The summed E-state index contributed by atoms with van der Waals surface area (Å²) in [5.41, 5.74) is 2.05. The summed E-state index contributed by atoms with van der Waals surface area (Å²) in [7, 11) is 0. The summed E-state index contributed by atoms with van der Waals surface area (Å²) in [6.45, 7) is 2.29. The smallest absolute Gasteiger partial charge is 0.185 e. The minimum atomic E-state index is -0.0216. The van der Waals surface area contributed by atoms with Crippen molar-refractivity contribution in [1.29, 1.82) is 0 Å². The maximum Gasteiger partial charge on any atom is 0.185 e. The highest BCUT2D eigenvalue weighted by Gasteiger charge is 2.14. The summed E-state index contributed by atoms with van der Waals surface area (Å²) >= 11 is 0. The molecule has 0 unspecified atom stereocenters. The zero-order chi connectivity index (χ0) is 14.7. The van der Waals surface area contributed by atoms with Gasteiger partial charge in [0.1, 0.15) is 12.4 Å². The molecule has 2 aromatic carbocycles. The lowest BCUT2D eigenvalue weighted by molar-refractivity contribution is 0.0981. The summed E-state index contributed by atoms with van der Waals surface area (Å²) in [6.07, 6.45) is 0.411. The van der Waals surface area contributed by atoms with E-state index >= 15 is 0 Å². The van der Waals surface area contributed by atoms with Crippen LogP contribution < -0.4 is 4.74 Å². The molecule has 21 heavy (non-hydrogen) atoms. The first-order valence-corrected chi connectivity index (χ1v) is 6.87. The van der Waals surface area contributed by atoms with Crippen LogP contribution in [0.3, 0.4) is 0 Å². The van der Waals surface area contributed by atoms with Gasteiger partial charge in [-0.15, -0.1) is 0 Å². The Kier molecular flexibility index (Phi) is 3.69. The number of hydrogen-bond donors (Lipinski definition) is 0. The largest absolute Gasteiger partial charge is 0.489 e. The monoisotopic (exact) mass is 281 g/mol. The highest BCUT2D eigenvalue weighted by molar-refractivity contribution is 6.05. The average Bonchev–Trinajstić information content (AvgIpc) is 2.96. The van der Waals surface area contributed by atoms with Gasteiger partial charge in [0, 0.05) is 12.5 Å². The predicted octanol–water partition coefficient (Wildman–Crippen LogP) is 4.00. The molecular weight excluding hydrogens is 266 g/mol. The fourth-order valence-corrected chi connectivity index (χ4v) is 2.12. The Bertz CT molecular complexity index is 762. The molecule has 0 N–H and O–H groups in total. The summed E-state index contributed by atoms with van der Waals surface area (Å²) < 4.78 is 10.9. The van der Waals surface area contributed by atoms with Gasteiger partial charge in [0.15, 0.2) is 17.1 Å². The van der Waals surface area contributed by atoms with Crippen molar-refractivity contribution in [1.82, 2.24) is 5.16 Å². The van der Waals surface area contributed by atoms with Gasteiger partial charge in [-0.3, -0.25) is 4.79 Å². The van der Waals surface area contributed by atoms with Crippen molar-refractivity contribution < 1.29 is 14.1 Å². The van der Waals surface area contributed by atoms with Crippen LogP contribution in [0.15, 0.2) is 53.1 Å². The number of hydrogen-bond acceptors (Lipinski definition) is 4. The molecule has 0 saturated heterocycles. The molecule has 0 saturated carbocycles. The lowest BCUT2D eigenvalue weighted by Crippen LogP contribution is -1.97. The molecule has 0 aliphatic rings. The Morgan fingerprint density at radius 1 is 1.19 bits per heavy atom. The SMILES string of the molecule is CCC(=O)c1noc2cc(OCc3ccccc3)ccc12. The third-order valence-corrected chi connectivity index (χ3v) is 3.28. The fraction of sp³-hybridized carbons (Fsp3) is 0.176. The molecule has 0 amide bonds. The second-order valence-corrected chi connectivity index (χ2v) is 4.74. The van der Waals surface area contributed by atoms with E-state index in [4.69, 9.17) is 9.26 Å². The predicted molar refractivity (Wildman–Crippen MR) is 79.4 cm³/mol. The number of carbonyl (C=O) groups is 1. The van der Waals surface area contributed by atoms with Crippen molar-refractivity contribution in [2.24, 2.45) is 0 Å². The van der Waals surface area contributed by atoms with Gasteiger partial charge in [-0.1, -0.05) is 42.4 Å². The van der Waals surface area contributed by atoms with Gasteiger partial charge >= 0.3 is 0 Å². The molecule has 0 bridgehead atoms. The summed E-state index contributed by atoms with van der Waals surface area (Å²) in [5.74, 6) is 0.671. The Morgan fingerprint density at radius 2 is 2.00 bits per heavy atom. The molecule has 0 fully saturated rings. The number of ketones is 1. The van der Waals surface area contributed by atoms with Crippen LogP contribution in [0.4, 0.5) is 0 Å². The maximum atomic E-state index is 11.7. The molecule has 0 aliphatic carbocycles. The number of fused-ring (bicyclic) bond motifs is 1. The van der Waals surface area contributed by atoms with E-state index in [1.54, 1.807) is 13.0 Å². The molecule has 0 radical (unpaired) electrons. The number of benzene rings is 2. The van der Waals surface area contributed by atoms with Crippen molar-refractivity contribution in [3.05, 3.63) is 59.8 Å². The zero-order valence-corrected chi connectivity index (χ0v) is 11.7. The van der Waals surface area contributed by atoms with Gasteiger partial charge in [-0.05, 0) is 17.7 Å². The summed E-state index contributed by atoms with van der Waals surface area (Å²) in [6, 6.07) is 15.3. The molecule has 0 spiro atoms. The van der Waals surface area contributed by atoms with E-state index in [2.05, 4.69) is 5.16 Å². The Labute approximate surface area is 122 Å². The summed E-state index contributed by atoms with van der Waals surface area (Å²) in [4.78, 5) is 11.7. The van der Waals surface area contributed by atoms with Crippen LogP contribution >= 0.6 is 0 Å². The molecule has 4 heteroatoms. The first kappa shape index (κ1) is 13.4. The minimum absolute atomic E-state index is 0.0216. The Balaban J connectivity index is 1.80. The number of rotatable bonds is 5. The zero-order valence-electron chi connectivity index (χ0n) is 11.7. The van der Waals surface area contributed by atoms with E-state index in [1.807, 2.05) is 42.5 Å². The van der Waals surface area contributed by atoms with Crippen molar-refractivity contribution in [3.8, 4) is 5.75 Å². The van der Waals surface area contributed by atoms with Crippen LogP contribution in [0.5, 0.6) is 5.75 Å². The highest BCUT2D eigenvalue weighted by atomic mass is 16.5. The van der Waals surface area contributed by atoms with Crippen molar-refractivity contribution in [2.75, 3.05) is 0 Å². The number of Topliss-reactive ketones (excluding diaryl/α,β-unsaturated/α-hetero) is 1. The van der Waals surface area contributed by atoms with Crippen LogP contribution in [-0.4, -0.2) is 10.9 Å². The number of nitrogens with zero attached hydrogens (tertiary/aromatic N) is 1. The average molecular weight is 281 g/mol. The Morgan fingerprint density at radius 3 is 2.76 bits per heavy atom. The fourth-order valence-electron chi connectivity index (χ4n) is 2.12. The summed E-state index contributed by atoms with van der Waals surface area (Å²) in [5, 5.41) is 4.58. The highest BCUT2D eigenvalue weighted by Crippen LogP contribution is 2.25. The van der Waals surface area contributed by atoms with E-state index in [-0.39, 0.29) is 5.78 Å². The third-order valence-electron chi connectivity index (χ3n) is 3.28.